The van der Waals surface area contributed by atoms with Crippen molar-refractivity contribution in [3.63, 3.8) is 0 Å². The van der Waals surface area contributed by atoms with Crippen LogP contribution in [0.5, 0.6) is 0 Å². The third-order valence-corrected chi connectivity index (χ3v) is 12.3. The van der Waals surface area contributed by atoms with Gasteiger partial charge >= 0.3 is 11.9 Å². The minimum atomic E-state index is -1.63. The first kappa shape index (κ1) is 70.0. The Kier molecular flexibility index (Phi) is 52.2. The molecule has 0 heterocycles. The van der Waals surface area contributed by atoms with Crippen LogP contribution in [0.25, 0.3) is 0 Å². The number of rotatable bonds is 53. The summed E-state index contributed by atoms with van der Waals surface area (Å²) in [5, 5.41) is 11.8. The van der Waals surface area contributed by atoms with Crippen LogP contribution in [0.3, 0.4) is 0 Å². The third-order valence-electron chi connectivity index (χ3n) is 12.3. The van der Waals surface area contributed by atoms with Crippen LogP contribution in [0.4, 0.5) is 0 Å². The first-order valence-electron chi connectivity index (χ1n) is 29.5. The highest BCUT2D eigenvalue weighted by Crippen LogP contribution is 2.15. The van der Waals surface area contributed by atoms with Gasteiger partial charge in [-0.15, -0.1) is 0 Å². The molecule has 0 amide bonds. The Hall–Kier alpha value is -4.05. The Morgan fingerprint density at radius 2 is 0.770 bits per heavy atom. The van der Waals surface area contributed by atoms with Crippen molar-refractivity contribution in [2.45, 2.75) is 238 Å². The van der Waals surface area contributed by atoms with Gasteiger partial charge in [-0.2, -0.15) is 0 Å². The number of allylic oxidation sites excluding steroid dienone is 18. The first-order chi connectivity index (χ1) is 36.1. The number of ether oxygens (including phenoxy) is 4. The Morgan fingerprint density at radius 1 is 0.419 bits per heavy atom. The molecule has 0 spiro atoms. The zero-order chi connectivity index (χ0) is 54.1. The molecule has 2 atom stereocenters. The molecule has 422 valence electrons. The van der Waals surface area contributed by atoms with Crippen LogP contribution in [0.15, 0.2) is 109 Å². The SMILES string of the molecule is CC/C=C\C/C=C\C/C=C\C/C=C\C/C=C\C/C=C\C/C=C\CCCCCCCCCCCC(=O)OC(COC(=O)CCCCCCCCC/C=C\C/C=C\CCCCCC)COC(OCC[N+](C)(C)C)C(=O)[O-]. The normalized spacial score (nSPS) is 13.6. The summed E-state index contributed by atoms with van der Waals surface area (Å²) in [6, 6.07) is 0. The highest BCUT2D eigenvalue weighted by Gasteiger charge is 2.22. The van der Waals surface area contributed by atoms with Gasteiger partial charge in [-0.3, -0.25) is 9.59 Å². The molecule has 9 nitrogen and oxygen atoms in total. The lowest BCUT2D eigenvalue weighted by Gasteiger charge is -2.26. The van der Waals surface area contributed by atoms with E-state index in [4.69, 9.17) is 18.9 Å². The predicted octanol–water partition coefficient (Wildman–Crippen LogP) is 16.2. The number of carboxylic acid groups (broad SMARTS) is 1. The van der Waals surface area contributed by atoms with E-state index in [1.54, 1.807) is 0 Å². The zero-order valence-corrected chi connectivity index (χ0v) is 47.9. The topological polar surface area (TPSA) is 111 Å². The van der Waals surface area contributed by atoms with E-state index in [0.29, 0.717) is 17.4 Å². The fourth-order valence-electron chi connectivity index (χ4n) is 7.72. The second-order valence-electron chi connectivity index (χ2n) is 20.5. The summed E-state index contributed by atoms with van der Waals surface area (Å²) < 4.78 is 22.7. The lowest BCUT2D eigenvalue weighted by molar-refractivity contribution is -0.870. The van der Waals surface area contributed by atoms with E-state index in [0.717, 1.165) is 109 Å². The lowest BCUT2D eigenvalue weighted by Crippen LogP contribution is -2.44. The smallest absolute Gasteiger partial charge is 0.306 e. The molecule has 9 heteroatoms. The van der Waals surface area contributed by atoms with Gasteiger partial charge in [-0.1, -0.05) is 220 Å². The molecular weight excluding hydrogens is 923 g/mol. The molecule has 0 aromatic carbocycles. The molecule has 0 aromatic heterocycles. The number of aliphatic carboxylic acids is 1. The molecular formula is C65H109NO8. The number of hydrogen-bond acceptors (Lipinski definition) is 8. The summed E-state index contributed by atoms with van der Waals surface area (Å²) in [5.41, 5.74) is 0. The van der Waals surface area contributed by atoms with Crippen molar-refractivity contribution in [2.75, 3.05) is 47.5 Å². The average Bonchev–Trinajstić information content (AvgIpc) is 3.37. The van der Waals surface area contributed by atoms with E-state index in [2.05, 4.69) is 123 Å². The molecule has 0 N–H and O–H groups in total. The van der Waals surface area contributed by atoms with Crippen molar-refractivity contribution in [1.29, 1.82) is 0 Å². The van der Waals surface area contributed by atoms with Gasteiger partial charge in [-0.25, -0.2) is 0 Å². The van der Waals surface area contributed by atoms with Crippen molar-refractivity contribution in [1.82, 2.24) is 0 Å². The van der Waals surface area contributed by atoms with E-state index < -0.39 is 24.3 Å². The summed E-state index contributed by atoms with van der Waals surface area (Å²) in [6.45, 7) is 4.59. The second-order valence-corrected chi connectivity index (χ2v) is 20.5. The second kappa shape index (κ2) is 55.2. The van der Waals surface area contributed by atoms with Gasteiger partial charge in [0, 0.05) is 12.8 Å². The number of esters is 2. The van der Waals surface area contributed by atoms with Crippen LogP contribution in [-0.4, -0.2) is 82.3 Å². The molecule has 0 saturated heterocycles. The number of carboxylic acids is 1. The molecule has 0 bridgehead atoms. The van der Waals surface area contributed by atoms with Gasteiger partial charge in [0.1, 0.15) is 13.2 Å². The van der Waals surface area contributed by atoms with Crippen molar-refractivity contribution < 1.29 is 42.9 Å². The van der Waals surface area contributed by atoms with E-state index in [9.17, 15) is 19.5 Å². The number of hydrogen-bond donors (Lipinski definition) is 0. The summed E-state index contributed by atoms with van der Waals surface area (Å²) in [4.78, 5) is 37.3. The highest BCUT2D eigenvalue weighted by atomic mass is 16.7. The fraction of sp³-hybridized carbons (Fsp3) is 0.677. The molecule has 0 rings (SSSR count). The number of carbonyl (C=O) groups is 3. The molecule has 2 unspecified atom stereocenters. The Bertz CT molecular complexity index is 1580. The summed E-state index contributed by atoms with van der Waals surface area (Å²) in [5.74, 6) is -2.31. The van der Waals surface area contributed by atoms with Crippen LogP contribution >= 0.6 is 0 Å². The Morgan fingerprint density at radius 3 is 1.15 bits per heavy atom. The summed E-state index contributed by atoms with van der Waals surface area (Å²) in [6.07, 6.45) is 72.7. The molecule has 74 heavy (non-hydrogen) atoms. The van der Waals surface area contributed by atoms with Gasteiger partial charge in [-0.05, 0) is 103 Å². The number of nitrogens with zero attached hydrogens (tertiary/aromatic N) is 1. The molecule has 0 aromatic rings. The van der Waals surface area contributed by atoms with Crippen LogP contribution in [0.2, 0.25) is 0 Å². The van der Waals surface area contributed by atoms with Crippen molar-refractivity contribution >= 4 is 17.9 Å². The van der Waals surface area contributed by atoms with E-state index in [1.807, 2.05) is 21.1 Å². The number of likely N-dealkylation sites (N-methyl/N-ethyl adjacent to an activating group) is 1. The summed E-state index contributed by atoms with van der Waals surface area (Å²) >= 11 is 0. The van der Waals surface area contributed by atoms with Crippen molar-refractivity contribution in [3.8, 4) is 0 Å². The fourth-order valence-corrected chi connectivity index (χ4v) is 7.72. The third kappa shape index (κ3) is 55.7. The maximum Gasteiger partial charge on any atom is 0.306 e. The monoisotopic (exact) mass is 1030 g/mol. The minimum Gasteiger partial charge on any atom is -0.545 e. The van der Waals surface area contributed by atoms with Gasteiger partial charge in [0.25, 0.3) is 0 Å². The molecule has 0 radical (unpaired) electrons. The number of quaternary nitrogens is 1. The maximum atomic E-state index is 12.9. The maximum absolute atomic E-state index is 12.9. The predicted molar refractivity (Wildman–Crippen MR) is 310 cm³/mol. The zero-order valence-electron chi connectivity index (χ0n) is 47.9. The Labute approximate surface area is 454 Å². The lowest BCUT2D eigenvalue weighted by atomic mass is 10.1. The van der Waals surface area contributed by atoms with Gasteiger partial charge in [0.2, 0.25) is 0 Å². The summed E-state index contributed by atoms with van der Waals surface area (Å²) in [7, 11) is 5.91. The van der Waals surface area contributed by atoms with Crippen LogP contribution in [0.1, 0.15) is 226 Å². The van der Waals surface area contributed by atoms with Crippen LogP contribution < -0.4 is 5.11 Å². The van der Waals surface area contributed by atoms with Crippen LogP contribution in [-0.2, 0) is 33.3 Å². The molecule has 0 saturated carbocycles. The van der Waals surface area contributed by atoms with E-state index >= 15 is 0 Å². The first-order valence-corrected chi connectivity index (χ1v) is 29.5. The quantitative estimate of drug-likeness (QED) is 0.0195. The van der Waals surface area contributed by atoms with E-state index in [1.165, 1.54) is 83.5 Å². The number of carbonyl (C=O) groups excluding carboxylic acids is 3. The number of unbranched alkanes of at least 4 members (excludes halogenated alkanes) is 20. The Balaban J connectivity index is 4.27. The van der Waals surface area contributed by atoms with Gasteiger partial charge in [0.15, 0.2) is 12.4 Å². The largest absolute Gasteiger partial charge is 0.545 e. The average molecular weight is 1030 g/mol. The standard InChI is InChI=1S/C65H109NO8/c1-6-8-10-12-14-16-18-20-22-24-26-27-28-29-30-31-32-33-34-35-36-37-38-40-42-44-46-48-50-52-54-56-63(68)74-61(60-73-65(64(69)70)71-58-57-66(3,4)5)59-72-62(67)55-53-51-49-47-45-43-41-39-25-23-21-19-17-15-13-11-9-7-2/h8,10,14,16-17,19-20,22-23,25-27,29-30,32-33,35-36,61,65H,6-7,9,11-13,15,18,21,24,28,31,34,37-60H2,1-5H3/b10-8-,16-14-,19-17-,22-20-,25-23-,27-26-,30-29-,33-32-,36-35-. The van der Waals surface area contributed by atoms with Gasteiger partial charge < -0.3 is 33.3 Å². The molecule has 0 aliphatic carbocycles. The molecule has 0 fully saturated rings. The van der Waals surface area contributed by atoms with E-state index in [-0.39, 0.29) is 38.6 Å². The van der Waals surface area contributed by atoms with Crippen molar-refractivity contribution in [3.05, 3.63) is 109 Å². The highest BCUT2D eigenvalue weighted by molar-refractivity contribution is 5.70. The minimum absolute atomic E-state index is 0.140. The molecule has 0 aliphatic rings. The van der Waals surface area contributed by atoms with Gasteiger partial charge in [0.05, 0.1) is 40.3 Å². The molecule has 0 aliphatic heterocycles. The van der Waals surface area contributed by atoms with Crippen LogP contribution in [0, 0.1) is 0 Å². The van der Waals surface area contributed by atoms with Crippen molar-refractivity contribution in [2.24, 2.45) is 0 Å².